The maximum Gasteiger partial charge on any atom is 0.276 e. The molecule has 0 aromatic carbocycles. The summed E-state index contributed by atoms with van der Waals surface area (Å²) in [5, 5.41) is 0. The van der Waals surface area contributed by atoms with Gasteiger partial charge in [-0.25, -0.2) is 4.98 Å². The van der Waals surface area contributed by atoms with E-state index >= 15 is 0 Å². The van der Waals surface area contributed by atoms with Crippen LogP contribution in [0.4, 0.5) is 0 Å². The number of amides is 2. The van der Waals surface area contributed by atoms with Crippen LogP contribution in [0, 0.1) is 23.2 Å². The predicted octanol–water partition coefficient (Wildman–Crippen LogP) is 1.67. The molecule has 2 aromatic heterocycles. The first-order valence-electron chi connectivity index (χ1n) is 9.61. The lowest BCUT2D eigenvalue weighted by molar-refractivity contribution is -0.147. The van der Waals surface area contributed by atoms with E-state index in [9.17, 15) is 14.4 Å². The summed E-state index contributed by atoms with van der Waals surface area (Å²) in [6.45, 7) is 0. The summed E-state index contributed by atoms with van der Waals surface area (Å²) in [6.07, 6.45) is 9.32. The predicted molar refractivity (Wildman–Crippen MR) is 97.7 cm³/mol. The van der Waals surface area contributed by atoms with Crippen LogP contribution in [-0.4, -0.2) is 21.2 Å². The van der Waals surface area contributed by atoms with Crippen molar-refractivity contribution in [3.63, 3.8) is 0 Å². The van der Waals surface area contributed by atoms with Crippen molar-refractivity contribution < 1.29 is 9.59 Å². The van der Waals surface area contributed by atoms with Crippen LogP contribution in [0.5, 0.6) is 0 Å². The first kappa shape index (κ1) is 16.5. The van der Waals surface area contributed by atoms with Gasteiger partial charge in [0.25, 0.3) is 11.5 Å². The molecule has 0 unspecified atom stereocenters. The molecule has 0 radical (unpaired) electrons. The van der Waals surface area contributed by atoms with Crippen LogP contribution in [0.1, 0.15) is 48.9 Å². The summed E-state index contributed by atoms with van der Waals surface area (Å²) < 4.78 is 1.32. The molecule has 0 atom stereocenters. The summed E-state index contributed by atoms with van der Waals surface area (Å²) in [5.74, 6) is 1.19. The number of nitrogens with zero attached hydrogens (tertiary/aromatic N) is 2. The molecular weight excluding hydrogens is 344 g/mol. The third-order valence-electron chi connectivity index (χ3n) is 6.67. The molecule has 0 saturated heterocycles. The van der Waals surface area contributed by atoms with Crippen LogP contribution >= 0.6 is 0 Å². The molecule has 2 N–H and O–H groups in total. The highest BCUT2D eigenvalue weighted by Crippen LogP contribution is 2.59. The van der Waals surface area contributed by atoms with Gasteiger partial charge in [-0.1, -0.05) is 6.07 Å². The number of hydrazine groups is 1. The third kappa shape index (κ3) is 2.64. The largest absolute Gasteiger partial charge is 0.276 e. The Labute approximate surface area is 156 Å². The Morgan fingerprint density at radius 3 is 2.37 bits per heavy atom. The summed E-state index contributed by atoms with van der Waals surface area (Å²) >= 11 is 0. The minimum Gasteiger partial charge on any atom is -0.273 e. The first-order valence-corrected chi connectivity index (χ1v) is 9.61. The number of nitrogens with one attached hydrogen (secondary N) is 2. The van der Waals surface area contributed by atoms with Crippen molar-refractivity contribution in [3.8, 4) is 0 Å². The molecule has 4 fully saturated rings. The summed E-state index contributed by atoms with van der Waals surface area (Å²) in [5.41, 5.74) is 4.61. The van der Waals surface area contributed by atoms with E-state index in [1.807, 2.05) is 0 Å². The van der Waals surface area contributed by atoms with E-state index in [1.165, 1.54) is 29.9 Å². The molecule has 4 bridgehead atoms. The molecule has 6 rings (SSSR count). The number of rotatable bonds is 2. The number of aromatic nitrogens is 2. The molecular formula is C20H22N4O3. The van der Waals surface area contributed by atoms with Crippen LogP contribution in [-0.2, 0) is 4.79 Å². The van der Waals surface area contributed by atoms with Crippen molar-refractivity contribution in [2.45, 2.75) is 38.5 Å². The summed E-state index contributed by atoms with van der Waals surface area (Å²) in [6, 6.07) is 5.16. The standard InChI is InChI=1S/C20H22N4O3/c25-17(15-11-21-16-3-1-2-4-24(16)18(15)26)22-23-19(27)20-8-12-5-13(9-20)7-14(6-12)10-20/h1-4,11-14H,5-10H2,(H,22,25)(H,23,27). The highest BCUT2D eigenvalue weighted by molar-refractivity contribution is 5.95. The van der Waals surface area contributed by atoms with Gasteiger partial charge in [-0.05, 0) is 68.4 Å². The Kier molecular flexibility index (Phi) is 3.60. The Bertz CT molecular complexity index is 961. The van der Waals surface area contributed by atoms with Gasteiger partial charge in [0.2, 0.25) is 5.91 Å². The number of carbonyl (C=O) groups is 2. The molecule has 4 aliphatic carbocycles. The zero-order chi connectivity index (χ0) is 18.6. The SMILES string of the molecule is O=C(NNC(=O)C12CC3CC(CC(C3)C1)C2)c1cnc2ccccn2c1=O. The Morgan fingerprint density at radius 2 is 1.70 bits per heavy atom. The molecule has 0 aliphatic heterocycles. The number of pyridine rings is 1. The van der Waals surface area contributed by atoms with Crippen LogP contribution < -0.4 is 16.4 Å². The highest BCUT2D eigenvalue weighted by Gasteiger charge is 2.54. The van der Waals surface area contributed by atoms with Crippen LogP contribution in [0.25, 0.3) is 5.65 Å². The molecule has 2 amide bonds. The van der Waals surface area contributed by atoms with E-state index in [2.05, 4.69) is 15.8 Å². The fourth-order valence-corrected chi connectivity index (χ4v) is 5.88. The van der Waals surface area contributed by atoms with Crippen molar-refractivity contribution in [1.82, 2.24) is 20.2 Å². The van der Waals surface area contributed by atoms with Gasteiger partial charge in [0.05, 0.1) is 5.41 Å². The minimum absolute atomic E-state index is 0.0930. The zero-order valence-corrected chi connectivity index (χ0v) is 15.0. The summed E-state index contributed by atoms with van der Waals surface area (Å²) in [7, 11) is 0. The average Bonchev–Trinajstić information content (AvgIpc) is 2.65. The summed E-state index contributed by atoms with van der Waals surface area (Å²) in [4.78, 5) is 42.0. The molecule has 2 aromatic rings. The molecule has 7 heteroatoms. The Hall–Kier alpha value is -2.70. The molecule has 2 heterocycles. The topological polar surface area (TPSA) is 92.6 Å². The number of hydrogen-bond donors (Lipinski definition) is 2. The molecule has 4 aliphatic rings. The van der Waals surface area contributed by atoms with Crippen LogP contribution in [0.15, 0.2) is 35.4 Å². The van der Waals surface area contributed by atoms with E-state index in [-0.39, 0.29) is 16.9 Å². The zero-order valence-electron chi connectivity index (χ0n) is 15.0. The van der Waals surface area contributed by atoms with Crippen molar-refractivity contribution in [1.29, 1.82) is 0 Å². The van der Waals surface area contributed by atoms with Crippen molar-refractivity contribution in [3.05, 3.63) is 46.5 Å². The van der Waals surface area contributed by atoms with Gasteiger partial charge in [-0.15, -0.1) is 0 Å². The number of fused-ring (bicyclic) bond motifs is 1. The third-order valence-corrected chi connectivity index (χ3v) is 6.67. The maximum atomic E-state index is 12.9. The van der Waals surface area contributed by atoms with Crippen LogP contribution in [0.3, 0.4) is 0 Å². The lowest BCUT2D eigenvalue weighted by Gasteiger charge is -2.55. The fraction of sp³-hybridized carbons (Fsp3) is 0.500. The molecule has 4 saturated carbocycles. The second-order valence-electron chi connectivity index (χ2n) is 8.51. The van der Waals surface area contributed by atoms with Gasteiger partial charge in [-0.3, -0.25) is 29.6 Å². The highest BCUT2D eigenvalue weighted by atomic mass is 16.2. The van der Waals surface area contributed by atoms with Gasteiger partial charge in [0.1, 0.15) is 11.2 Å². The van der Waals surface area contributed by atoms with E-state index < -0.39 is 11.5 Å². The lowest BCUT2D eigenvalue weighted by Crippen LogP contribution is -2.57. The molecule has 27 heavy (non-hydrogen) atoms. The van der Waals surface area contributed by atoms with Gasteiger partial charge in [0, 0.05) is 12.4 Å². The van der Waals surface area contributed by atoms with Crippen molar-refractivity contribution in [2.24, 2.45) is 23.2 Å². The monoisotopic (exact) mass is 366 g/mol. The van der Waals surface area contributed by atoms with E-state index in [4.69, 9.17) is 0 Å². The second kappa shape index (κ2) is 5.90. The lowest BCUT2D eigenvalue weighted by atomic mass is 9.49. The Morgan fingerprint density at radius 1 is 1.04 bits per heavy atom. The van der Waals surface area contributed by atoms with E-state index in [0.717, 1.165) is 19.3 Å². The minimum atomic E-state index is -0.635. The quantitative estimate of drug-likeness (QED) is 0.791. The van der Waals surface area contributed by atoms with E-state index in [1.54, 1.807) is 24.4 Å². The van der Waals surface area contributed by atoms with E-state index in [0.29, 0.717) is 23.4 Å². The van der Waals surface area contributed by atoms with Crippen molar-refractivity contribution in [2.75, 3.05) is 0 Å². The molecule has 0 spiro atoms. The number of carbonyl (C=O) groups excluding carboxylic acids is 2. The number of hydrogen-bond acceptors (Lipinski definition) is 4. The second-order valence-corrected chi connectivity index (χ2v) is 8.51. The van der Waals surface area contributed by atoms with Gasteiger partial charge in [0.15, 0.2) is 0 Å². The van der Waals surface area contributed by atoms with Crippen molar-refractivity contribution >= 4 is 17.5 Å². The fourth-order valence-electron chi connectivity index (χ4n) is 5.88. The molecule has 7 nitrogen and oxygen atoms in total. The Balaban J connectivity index is 1.32. The van der Waals surface area contributed by atoms with Gasteiger partial charge in [-0.2, -0.15) is 0 Å². The molecule has 140 valence electrons. The van der Waals surface area contributed by atoms with Gasteiger partial charge >= 0.3 is 0 Å². The smallest absolute Gasteiger partial charge is 0.273 e. The average molecular weight is 366 g/mol. The van der Waals surface area contributed by atoms with Gasteiger partial charge < -0.3 is 0 Å². The normalized spacial score (nSPS) is 31.0. The first-order chi connectivity index (χ1) is 13.0. The van der Waals surface area contributed by atoms with Crippen LogP contribution in [0.2, 0.25) is 0 Å². The maximum absolute atomic E-state index is 12.9.